The van der Waals surface area contributed by atoms with Gasteiger partial charge < -0.3 is 16.0 Å². The van der Waals surface area contributed by atoms with Crippen LogP contribution in [0.3, 0.4) is 0 Å². The van der Waals surface area contributed by atoms with E-state index in [1.165, 1.54) is 0 Å². The molecule has 12 heavy (non-hydrogen) atoms. The van der Waals surface area contributed by atoms with Gasteiger partial charge in [-0.05, 0) is 0 Å². The molecule has 0 saturated carbocycles. The summed E-state index contributed by atoms with van der Waals surface area (Å²) in [6.45, 7) is 0. The molecule has 1 aromatic rings. The average molecular weight is 168 g/mol. The van der Waals surface area contributed by atoms with Crippen LogP contribution in [0.1, 0.15) is 5.69 Å². The van der Waals surface area contributed by atoms with Crippen molar-refractivity contribution in [3.63, 3.8) is 0 Å². The average Bonchev–Trinajstić information content (AvgIpc) is 2.55. The highest BCUT2D eigenvalue weighted by atomic mass is 16.2. The van der Waals surface area contributed by atoms with Crippen LogP contribution in [-0.2, 0) is 11.2 Å². The molecular weight excluding hydrogens is 156 g/mol. The number of hydrogen-bond acceptors (Lipinski definition) is 3. The smallest absolute Gasteiger partial charge is 0.237 e. The SMILES string of the molecule is CNC(=O)[C@H](N)Cc1cnc[nH]1. The number of H-pyrrole nitrogens is 1. The minimum absolute atomic E-state index is 0.162. The first kappa shape index (κ1) is 8.73. The highest BCUT2D eigenvalue weighted by molar-refractivity contribution is 5.81. The van der Waals surface area contributed by atoms with Gasteiger partial charge >= 0.3 is 0 Å². The summed E-state index contributed by atoms with van der Waals surface area (Å²) in [7, 11) is 1.56. The summed E-state index contributed by atoms with van der Waals surface area (Å²) in [5.74, 6) is -0.162. The molecule has 1 amide bonds. The largest absolute Gasteiger partial charge is 0.358 e. The number of rotatable bonds is 3. The number of aromatic nitrogens is 2. The molecular formula is C7H12N4O. The van der Waals surface area contributed by atoms with Crippen molar-refractivity contribution in [2.75, 3.05) is 7.05 Å². The zero-order chi connectivity index (χ0) is 8.97. The number of carbonyl (C=O) groups is 1. The minimum Gasteiger partial charge on any atom is -0.358 e. The van der Waals surface area contributed by atoms with E-state index in [0.717, 1.165) is 5.69 Å². The van der Waals surface area contributed by atoms with Crippen LogP contribution in [0.2, 0.25) is 0 Å². The number of carbonyl (C=O) groups excluding carboxylic acids is 1. The summed E-state index contributed by atoms with van der Waals surface area (Å²) in [4.78, 5) is 17.7. The molecule has 0 bridgehead atoms. The van der Waals surface area contributed by atoms with Crippen LogP contribution < -0.4 is 11.1 Å². The van der Waals surface area contributed by atoms with E-state index in [2.05, 4.69) is 15.3 Å². The monoisotopic (exact) mass is 168 g/mol. The molecule has 0 aromatic carbocycles. The number of nitrogens with two attached hydrogens (primary N) is 1. The number of nitrogens with zero attached hydrogens (tertiary/aromatic N) is 1. The lowest BCUT2D eigenvalue weighted by Gasteiger charge is -2.07. The molecule has 5 nitrogen and oxygen atoms in total. The normalized spacial score (nSPS) is 12.5. The highest BCUT2D eigenvalue weighted by Crippen LogP contribution is 1.95. The Morgan fingerprint density at radius 1 is 1.92 bits per heavy atom. The van der Waals surface area contributed by atoms with Gasteiger partial charge in [-0.3, -0.25) is 4.79 Å². The third-order valence-corrected chi connectivity index (χ3v) is 1.58. The van der Waals surface area contributed by atoms with Crippen molar-refractivity contribution >= 4 is 5.91 Å². The lowest BCUT2D eigenvalue weighted by molar-refractivity contribution is -0.121. The topological polar surface area (TPSA) is 83.8 Å². The van der Waals surface area contributed by atoms with Gasteiger partial charge in [-0.25, -0.2) is 4.98 Å². The van der Waals surface area contributed by atoms with Crippen molar-refractivity contribution < 1.29 is 4.79 Å². The fourth-order valence-corrected chi connectivity index (χ4v) is 0.911. The maximum atomic E-state index is 11.0. The number of hydrogen-bond donors (Lipinski definition) is 3. The summed E-state index contributed by atoms with van der Waals surface area (Å²) < 4.78 is 0. The Labute approximate surface area is 70.4 Å². The second kappa shape index (κ2) is 3.87. The van der Waals surface area contributed by atoms with E-state index in [-0.39, 0.29) is 5.91 Å². The van der Waals surface area contributed by atoms with Crippen molar-refractivity contribution in [2.45, 2.75) is 12.5 Å². The molecule has 0 fully saturated rings. The van der Waals surface area contributed by atoms with E-state index in [0.29, 0.717) is 6.42 Å². The molecule has 0 radical (unpaired) electrons. The Balaban J connectivity index is 2.47. The lowest BCUT2D eigenvalue weighted by atomic mass is 10.2. The lowest BCUT2D eigenvalue weighted by Crippen LogP contribution is -2.40. The van der Waals surface area contributed by atoms with Crippen molar-refractivity contribution in [1.82, 2.24) is 15.3 Å². The zero-order valence-electron chi connectivity index (χ0n) is 6.87. The van der Waals surface area contributed by atoms with Crippen LogP contribution in [0.25, 0.3) is 0 Å². The van der Waals surface area contributed by atoms with Gasteiger partial charge in [-0.2, -0.15) is 0 Å². The van der Waals surface area contributed by atoms with Gasteiger partial charge in [-0.1, -0.05) is 0 Å². The van der Waals surface area contributed by atoms with E-state index in [1.54, 1.807) is 19.6 Å². The summed E-state index contributed by atoms with van der Waals surface area (Å²) >= 11 is 0. The maximum Gasteiger partial charge on any atom is 0.237 e. The molecule has 1 rings (SSSR count). The molecule has 1 heterocycles. The van der Waals surface area contributed by atoms with E-state index in [1.807, 2.05) is 0 Å². The molecule has 5 heteroatoms. The predicted octanol–water partition coefficient (Wildman–Crippen LogP) is -0.974. The van der Waals surface area contributed by atoms with E-state index in [9.17, 15) is 4.79 Å². The van der Waals surface area contributed by atoms with Gasteiger partial charge in [-0.15, -0.1) is 0 Å². The maximum absolute atomic E-state index is 11.0. The third-order valence-electron chi connectivity index (χ3n) is 1.58. The summed E-state index contributed by atoms with van der Waals surface area (Å²) in [6, 6.07) is -0.504. The standard InChI is InChI=1S/C7H12N4O/c1-9-7(12)6(8)2-5-3-10-4-11-5/h3-4,6H,2,8H2,1H3,(H,9,12)(H,10,11)/t6-/m1/s1. The Morgan fingerprint density at radius 2 is 2.67 bits per heavy atom. The van der Waals surface area contributed by atoms with Crippen LogP contribution in [0, 0.1) is 0 Å². The highest BCUT2D eigenvalue weighted by Gasteiger charge is 2.12. The Kier molecular flexibility index (Phi) is 2.82. The Bertz CT molecular complexity index is 244. The van der Waals surface area contributed by atoms with Crippen LogP contribution in [0.15, 0.2) is 12.5 Å². The third kappa shape index (κ3) is 2.06. The Hall–Kier alpha value is -1.36. The predicted molar refractivity (Wildman–Crippen MR) is 44.3 cm³/mol. The molecule has 1 atom stereocenters. The van der Waals surface area contributed by atoms with Gasteiger partial charge in [0.05, 0.1) is 12.4 Å². The fraction of sp³-hybridized carbons (Fsp3) is 0.429. The van der Waals surface area contributed by atoms with Crippen LogP contribution in [-0.4, -0.2) is 29.0 Å². The number of likely N-dealkylation sites (N-methyl/N-ethyl adjacent to an activating group) is 1. The molecule has 0 aliphatic heterocycles. The van der Waals surface area contributed by atoms with E-state index in [4.69, 9.17) is 5.73 Å². The molecule has 0 spiro atoms. The van der Waals surface area contributed by atoms with E-state index >= 15 is 0 Å². The first-order valence-corrected chi connectivity index (χ1v) is 3.68. The molecule has 0 aliphatic carbocycles. The summed E-state index contributed by atoms with van der Waals surface area (Å²) in [5, 5.41) is 2.48. The van der Waals surface area contributed by atoms with E-state index < -0.39 is 6.04 Å². The molecule has 0 saturated heterocycles. The zero-order valence-corrected chi connectivity index (χ0v) is 6.87. The van der Waals surface area contributed by atoms with Gasteiger partial charge in [0, 0.05) is 25.4 Å². The first-order chi connectivity index (χ1) is 5.74. The number of aromatic amines is 1. The quantitative estimate of drug-likeness (QED) is 0.542. The molecule has 66 valence electrons. The van der Waals surface area contributed by atoms with Crippen molar-refractivity contribution in [1.29, 1.82) is 0 Å². The second-order valence-electron chi connectivity index (χ2n) is 2.50. The van der Waals surface area contributed by atoms with Crippen molar-refractivity contribution in [3.8, 4) is 0 Å². The number of amides is 1. The minimum atomic E-state index is -0.504. The molecule has 0 unspecified atom stereocenters. The van der Waals surface area contributed by atoms with Crippen LogP contribution in [0.4, 0.5) is 0 Å². The summed E-state index contributed by atoms with van der Waals surface area (Å²) in [6.07, 6.45) is 3.70. The van der Waals surface area contributed by atoms with Crippen molar-refractivity contribution in [3.05, 3.63) is 18.2 Å². The molecule has 4 N–H and O–H groups in total. The van der Waals surface area contributed by atoms with Gasteiger partial charge in [0.15, 0.2) is 0 Å². The van der Waals surface area contributed by atoms with Gasteiger partial charge in [0.1, 0.15) is 0 Å². The van der Waals surface area contributed by atoms with Crippen molar-refractivity contribution in [2.24, 2.45) is 5.73 Å². The Morgan fingerprint density at radius 3 is 3.17 bits per heavy atom. The van der Waals surface area contributed by atoms with Gasteiger partial charge in [0.25, 0.3) is 0 Å². The molecule has 0 aliphatic rings. The second-order valence-corrected chi connectivity index (χ2v) is 2.50. The molecule has 1 aromatic heterocycles. The summed E-state index contributed by atoms with van der Waals surface area (Å²) in [5.41, 5.74) is 6.43. The van der Waals surface area contributed by atoms with Crippen LogP contribution >= 0.6 is 0 Å². The fourth-order valence-electron chi connectivity index (χ4n) is 0.911. The number of imidazole rings is 1. The number of nitrogens with one attached hydrogen (secondary N) is 2. The van der Waals surface area contributed by atoms with Crippen LogP contribution in [0.5, 0.6) is 0 Å². The first-order valence-electron chi connectivity index (χ1n) is 3.68. The van der Waals surface area contributed by atoms with Gasteiger partial charge in [0.2, 0.25) is 5.91 Å².